The molecule has 1 fully saturated rings. The molecule has 0 radical (unpaired) electrons. The van der Waals surface area contributed by atoms with E-state index < -0.39 is 41.7 Å². The van der Waals surface area contributed by atoms with Crippen LogP contribution < -0.4 is 5.32 Å². The number of carbonyl (C=O) groups excluding carboxylic acids is 2. The zero-order chi connectivity index (χ0) is 21.2. The Kier molecular flexibility index (Phi) is 5.93. The van der Waals surface area contributed by atoms with Crippen LogP contribution in [0.3, 0.4) is 0 Å². The predicted molar refractivity (Wildman–Crippen MR) is 96.3 cm³/mol. The van der Waals surface area contributed by atoms with Gasteiger partial charge in [-0.25, -0.2) is 14.4 Å². The minimum Gasteiger partial charge on any atom is -0.478 e. The zero-order valence-electron chi connectivity index (χ0n) is 15.6. The number of anilines is 1. The maximum Gasteiger partial charge on any atom is 0.411 e. The number of hydrogen-bond acceptors (Lipinski definition) is 6. The van der Waals surface area contributed by atoms with Crippen LogP contribution in [0.15, 0.2) is 18.2 Å². The lowest BCUT2D eigenvalue weighted by atomic mass is 10.1. The molecule has 1 aliphatic rings. The van der Waals surface area contributed by atoms with Crippen molar-refractivity contribution in [3.8, 4) is 0 Å². The smallest absolute Gasteiger partial charge is 0.411 e. The molecule has 2 atom stereocenters. The molecule has 10 heteroatoms. The number of rotatable bonds is 4. The van der Waals surface area contributed by atoms with Gasteiger partial charge in [-0.3, -0.25) is 9.69 Å². The lowest BCUT2D eigenvalue weighted by Gasteiger charge is -2.27. The van der Waals surface area contributed by atoms with E-state index in [4.69, 9.17) is 14.9 Å². The summed E-state index contributed by atoms with van der Waals surface area (Å²) >= 11 is 0. The highest BCUT2D eigenvalue weighted by molar-refractivity contribution is 6.00. The van der Waals surface area contributed by atoms with Crippen LogP contribution in [0.2, 0.25) is 0 Å². The molecule has 1 aliphatic heterocycles. The highest BCUT2D eigenvalue weighted by Gasteiger charge is 2.41. The Labute approximate surface area is 160 Å². The maximum absolute atomic E-state index is 12.6. The Morgan fingerprint density at radius 3 is 2.07 bits per heavy atom. The number of hydrogen-bond donors (Lipinski definition) is 4. The predicted octanol–water partition coefficient (Wildman–Crippen LogP) is 1.39. The van der Waals surface area contributed by atoms with Crippen LogP contribution in [0.25, 0.3) is 0 Å². The minimum absolute atomic E-state index is 0.0323. The third kappa shape index (κ3) is 5.19. The summed E-state index contributed by atoms with van der Waals surface area (Å²) < 4.78 is 5.24. The van der Waals surface area contributed by atoms with Gasteiger partial charge < -0.3 is 25.4 Å². The fourth-order valence-corrected chi connectivity index (χ4v) is 2.76. The number of carboxylic acids is 2. The van der Waals surface area contributed by atoms with Gasteiger partial charge in [0, 0.05) is 12.1 Å². The van der Waals surface area contributed by atoms with E-state index in [9.17, 15) is 24.3 Å². The van der Waals surface area contributed by atoms with Crippen molar-refractivity contribution in [1.82, 2.24) is 4.90 Å². The third-order valence-electron chi connectivity index (χ3n) is 3.90. The van der Waals surface area contributed by atoms with Gasteiger partial charge in [0.15, 0.2) is 0 Å². The lowest BCUT2D eigenvalue weighted by molar-refractivity contribution is -0.120. The molecule has 4 N–H and O–H groups in total. The molecule has 28 heavy (non-hydrogen) atoms. The van der Waals surface area contributed by atoms with Crippen molar-refractivity contribution in [3.05, 3.63) is 29.3 Å². The standard InChI is InChI=1S/C18H22N2O8/c1-18(2,3)28-17(27)20-8-12(21)7-13(20)14(22)19-11-5-9(15(23)24)4-10(6-11)16(25)26/h4-6,12-13,21H,7-8H2,1-3H3,(H,19,22)(H,23,24)(H,25,26)/t12-,13-/m0/s1. The van der Waals surface area contributed by atoms with Crippen molar-refractivity contribution >= 4 is 29.6 Å². The second-order valence-electron chi connectivity index (χ2n) is 7.44. The van der Waals surface area contributed by atoms with Crippen molar-refractivity contribution in [2.24, 2.45) is 0 Å². The fourth-order valence-electron chi connectivity index (χ4n) is 2.76. The van der Waals surface area contributed by atoms with Crippen LogP contribution in [0, 0.1) is 0 Å². The fraction of sp³-hybridized carbons (Fsp3) is 0.444. The van der Waals surface area contributed by atoms with Gasteiger partial charge in [-0.2, -0.15) is 0 Å². The van der Waals surface area contributed by atoms with Crippen LogP contribution >= 0.6 is 0 Å². The van der Waals surface area contributed by atoms with E-state index in [1.807, 2.05) is 0 Å². The SMILES string of the molecule is CC(C)(C)OC(=O)N1C[C@@H](O)C[C@H]1C(=O)Nc1cc(C(=O)O)cc(C(=O)O)c1. The van der Waals surface area contributed by atoms with Crippen LogP contribution in [0.1, 0.15) is 47.9 Å². The molecule has 0 aromatic heterocycles. The Bertz CT molecular complexity index is 782. The van der Waals surface area contributed by atoms with Crippen LogP contribution in [-0.4, -0.2) is 68.5 Å². The second-order valence-corrected chi connectivity index (χ2v) is 7.44. The van der Waals surface area contributed by atoms with Gasteiger partial charge in [0.2, 0.25) is 5.91 Å². The van der Waals surface area contributed by atoms with Gasteiger partial charge in [-0.1, -0.05) is 0 Å². The van der Waals surface area contributed by atoms with Crippen molar-refractivity contribution in [2.45, 2.75) is 44.9 Å². The molecule has 2 amide bonds. The highest BCUT2D eigenvalue weighted by atomic mass is 16.6. The van der Waals surface area contributed by atoms with Gasteiger partial charge in [0.05, 0.1) is 23.8 Å². The summed E-state index contributed by atoms with van der Waals surface area (Å²) in [7, 11) is 0. The molecule has 1 aromatic carbocycles. The highest BCUT2D eigenvalue weighted by Crippen LogP contribution is 2.23. The van der Waals surface area contributed by atoms with E-state index in [1.165, 1.54) is 0 Å². The number of nitrogens with zero attached hydrogens (tertiary/aromatic N) is 1. The summed E-state index contributed by atoms with van der Waals surface area (Å²) in [6.45, 7) is 4.90. The summed E-state index contributed by atoms with van der Waals surface area (Å²) in [4.78, 5) is 48.4. The van der Waals surface area contributed by atoms with E-state index in [2.05, 4.69) is 5.32 Å². The molecule has 0 saturated carbocycles. The molecule has 152 valence electrons. The Morgan fingerprint density at radius 1 is 1.07 bits per heavy atom. The quantitative estimate of drug-likeness (QED) is 0.597. The summed E-state index contributed by atoms with van der Waals surface area (Å²) in [6, 6.07) is 2.13. The van der Waals surface area contributed by atoms with Gasteiger partial charge in [-0.15, -0.1) is 0 Å². The molecule has 2 rings (SSSR count). The van der Waals surface area contributed by atoms with Gasteiger partial charge in [0.25, 0.3) is 0 Å². The summed E-state index contributed by atoms with van der Waals surface area (Å²) in [5.74, 6) is -3.41. The molecular formula is C18H22N2O8. The normalized spacial score (nSPS) is 19.2. The van der Waals surface area contributed by atoms with E-state index in [-0.39, 0.29) is 29.8 Å². The van der Waals surface area contributed by atoms with Crippen LogP contribution in [0.5, 0.6) is 0 Å². The van der Waals surface area contributed by atoms with Gasteiger partial charge >= 0.3 is 18.0 Å². The molecule has 0 spiro atoms. The van der Waals surface area contributed by atoms with E-state index in [1.54, 1.807) is 20.8 Å². The average molecular weight is 394 g/mol. The Hall–Kier alpha value is -3.14. The van der Waals surface area contributed by atoms with Crippen molar-refractivity contribution in [2.75, 3.05) is 11.9 Å². The molecule has 1 saturated heterocycles. The molecule has 1 heterocycles. The van der Waals surface area contributed by atoms with Crippen LogP contribution in [0.4, 0.5) is 10.5 Å². The largest absolute Gasteiger partial charge is 0.478 e. The number of β-amino-alcohol motifs (C(OH)–C–C–N with tert-alkyl or cyclic N) is 1. The monoisotopic (exact) mass is 394 g/mol. The first-order valence-corrected chi connectivity index (χ1v) is 8.47. The topological polar surface area (TPSA) is 153 Å². The number of amides is 2. The number of aliphatic hydroxyl groups is 1. The molecular weight excluding hydrogens is 372 g/mol. The number of aromatic carboxylic acids is 2. The second kappa shape index (κ2) is 7.85. The minimum atomic E-state index is -1.36. The number of carboxylic acid groups (broad SMARTS) is 2. The van der Waals surface area contributed by atoms with E-state index in [0.717, 1.165) is 23.1 Å². The van der Waals surface area contributed by atoms with E-state index >= 15 is 0 Å². The summed E-state index contributed by atoms with van der Waals surface area (Å²) in [5.41, 5.74) is -1.47. The average Bonchev–Trinajstić information content (AvgIpc) is 2.95. The Balaban J connectivity index is 2.24. The lowest BCUT2D eigenvalue weighted by Crippen LogP contribution is -2.45. The molecule has 1 aromatic rings. The summed E-state index contributed by atoms with van der Waals surface area (Å²) in [5, 5.41) is 30.5. The molecule has 0 aliphatic carbocycles. The number of aliphatic hydroxyl groups excluding tert-OH is 1. The first-order valence-electron chi connectivity index (χ1n) is 8.47. The van der Waals surface area contributed by atoms with Crippen molar-refractivity contribution in [1.29, 1.82) is 0 Å². The van der Waals surface area contributed by atoms with Crippen molar-refractivity contribution in [3.63, 3.8) is 0 Å². The number of likely N-dealkylation sites (tertiary alicyclic amines) is 1. The number of carbonyl (C=O) groups is 4. The first-order chi connectivity index (χ1) is 12.9. The summed E-state index contributed by atoms with van der Waals surface area (Å²) in [6.07, 6.45) is -1.73. The molecule has 10 nitrogen and oxygen atoms in total. The number of nitrogens with one attached hydrogen (secondary N) is 1. The van der Waals surface area contributed by atoms with Crippen LogP contribution in [-0.2, 0) is 9.53 Å². The Morgan fingerprint density at radius 2 is 1.61 bits per heavy atom. The zero-order valence-corrected chi connectivity index (χ0v) is 15.6. The van der Waals surface area contributed by atoms with Gasteiger partial charge in [-0.05, 0) is 39.0 Å². The molecule has 0 bridgehead atoms. The van der Waals surface area contributed by atoms with Gasteiger partial charge in [0.1, 0.15) is 11.6 Å². The van der Waals surface area contributed by atoms with Crippen molar-refractivity contribution < 1.29 is 39.2 Å². The molecule has 0 unspecified atom stereocenters. The maximum atomic E-state index is 12.6. The van der Waals surface area contributed by atoms with E-state index in [0.29, 0.717) is 0 Å². The number of benzene rings is 1. The number of ether oxygens (including phenoxy) is 1. The first kappa shape index (κ1) is 21.2. The third-order valence-corrected chi connectivity index (χ3v) is 3.90.